The first kappa shape index (κ1) is 12.2. The molecule has 4 heteroatoms. The van der Waals surface area contributed by atoms with Gasteiger partial charge in [-0.15, -0.1) is 0 Å². The van der Waals surface area contributed by atoms with E-state index in [1.807, 2.05) is 30.3 Å². The molecule has 104 valence electrons. The van der Waals surface area contributed by atoms with Gasteiger partial charge in [-0.25, -0.2) is 4.98 Å². The predicted octanol–water partition coefficient (Wildman–Crippen LogP) is 3.01. The van der Waals surface area contributed by atoms with Gasteiger partial charge in [0.15, 0.2) is 5.82 Å². The van der Waals surface area contributed by atoms with Gasteiger partial charge in [0, 0.05) is 24.7 Å². The minimum atomic E-state index is 0.500. The molecule has 0 aliphatic carbocycles. The molecule has 1 atom stereocenters. The second-order valence-electron chi connectivity index (χ2n) is 5.65. The molecule has 4 nitrogen and oxygen atoms in total. The Hall–Kier alpha value is -2.54. The van der Waals surface area contributed by atoms with E-state index < -0.39 is 0 Å². The van der Waals surface area contributed by atoms with E-state index in [4.69, 9.17) is 4.98 Å². The number of nitrogens with zero attached hydrogens (tertiary/aromatic N) is 3. The zero-order valence-corrected chi connectivity index (χ0v) is 11.7. The van der Waals surface area contributed by atoms with Gasteiger partial charge in [-0.2, -0.15) is 5.26 Å². The molecule has 0 amide bonds. The van der Waals surface area contributed by atoms with Crippen molar-refractivity contribution in [3.05, 3.63) is 42.0 Å². The zero-order valence-electron chi connectivity index (χ0n) is 11.7. The lowest BCUT2D eigenvalue weighted by Gasteiger charge is -2.40. The fourth-order valence-electron chi connectivity index (χ4n) is 3.27. The number of aromatic nitrogens is 1. The molecule has 0 unspecified atom stereocenters. The SMILES string of the molecule is N#Cc1ccccc1-c1ccc2c(n1)N[C@H]1CCCN2C1. The average molecular weight is 276 g/mol. The number of nitrogens with one attached hydrogen (secondary N) is 1. The quantitative estimate of drug-likeness (QED) is 0.870. The number of fused-ring (bicyclic) bond motifs is 4. The average Bonchev–Trinajstić information content (AvgIpc) is 2.54. The Bertz CT molecular complexity index is 732. The van der Waals surface area contributed by atoms with Gasteiger partial charge < -0.3 is 10.2 Å². The Balaban J connectivity index is 1.80. The summed E-state index contributed by atoms with van der Waals surface area (Å²) in [6, 6.07) is 14.5. The number of piperidine rings is 1. The highest BCUT2D eigenvalue weighted by molar-refractivity contribution is 5.76. The van der Waals surface area contributed by atoms with Crippen LogP contribution in [-0.4, -0.2) is 24.1 Å². The molecular formula is C17H16N4. The van der Waals surface area contributed by atoms with E-state index in [1.165, 1.54) is 18.5 Å². The maximum absolute atomic E-state index is 9.25. The molecule has 2 aliphatic rings. The third-order valence-electron chi connectivity index (χ3n) is 4.30. The summed E-state index contributed by atoms with van der Waals surface area (Å²) in [5, 5.41) is 12.8. The fourth-order valence-corrected chi connectivity index (χ4v) is 3.27. The van der Waals surface area contributed by atoms with Crippen LogP contribution in [0.5, 0.6) is 0 Å². The Morgan fingerprint density at radius 1 is 1.24 bits per heavy atom. The summed E-state index contributed by atoms with van der Waals surface area (Å²) in [5.74, 6) is 0.955. The van der Waals surface area contributed by atoms with Crippen LogP contribution in [0.1, 0.15) is 18.4 Å². The summed E-state index contributed by atoms with van der Waals surface area (Å²) in [6.45, 7) is 2.18. The molecule has 4 rings (SSSR count). The lowest BCUT2D eigenvalue weighted by Crippen LogP contribution is -2.46. The van der Waals surface area contributed by atoms with Gasteiger partial charge >= 0.3 is 0 Å². The smallest absolute Gasteiger partial charge is 0.150 e. The summed E-state index contributed by atoms with van der Waals surface area (Å²) in [7, 11) is 0. The number of pyridine rings is 1. The highest BCUT2D eigenvalue weighted by atomic mass is 15.2. The first-order chi connectivity index (χ1) is 10.3. The minimum Gasteiger partial charge on any atom is -0.366 e. The summed E-state index contributed by atoms with van der Waals surface area (Å²) in [6.07, 6.45) is 2.44. The van der Waals surface area contributed by atoms with E-state index in [0.29, 0.717) is 11.6 Å². The lowest BCUT2D eigenvalue weighted by molar-refractivity contribution is 0.516. The van der Waals surface area contributed by atoms with Gasteiger partial charge in [0.2, 0.25) is 0 Å². The Labute approximate surface area is 124 Å². The summed E-state index contributed by atoms with van der Waals surface area (Å²) in [5.41, 5.74) is 3.61. The molecule has 2 bridgehead atoms. The molecule has 0 radical (unpaired) electrons. The van der Waals surface area contributed by atoms with Gasteiger partial charge in [0.25, 0.3) is 0 Å². The van der Waals surface area contributed by atoms with E-state index in [-0.39, 0.29) is 0 Å². The van der Waals surface area contributed by atoms with Crippen molar-refractivity contribution in [2.75, 3.05) is 23.3 Å². The van der Waals surface area contributed by atoms with E-state index in [0.717, 1.165) is 30.2 Å². The van der Waals surface area contributed by atoms with Gasteiger partial charge in [-0.3, -0.25) is 0 Å². The number of anilines is 2. The maximum atomic E-state index is 9.25. The first-order valence-electron chi connectivity index (χ1n) is 7.37. The summed E-state index contributed by atoms with van der Waals surface area (Å²) < 4.78 is 0. The van der Waals surface area contributed by atoms with Crippen LogP contribution in [0.2, 0.25) is 0 Å². The van der Waals surface area contributed by atoms with E-state index in [9.17, 15) is 5.26 Å². The highest BCUT2D eigenvalue weighted by Gasteiger charge is 2.28. The predicted molar refractivity (Wildman–Crippen MR) is 83.2 cm³/mol. The van der Waals surface area contributed by atoms with Crippen LogP contribution in [0.15, 0.2) is 36.4 Å². The number of rotatable bonds is 1. The van der Waals surface area contributed by atoms with Gasteiger partial charge in [-0.05, 0) is 31.0 Å². The van der Waals surface area contributed by atoms with Crippen LogP contribution in [0.3, 0.4) is 0 Å². The number of nitriles is 1. The van der Waals surface area contributed by atoms with Crippen LogP contribution in [0.4, 0.5) is 11.5 Å². The van der Waals surface area contributed by atoms with Crippen LogP contribution < -0.4 is 10.2 Å². The third kappa shape index (κ3) is 2.02. The van der Waals surface area contributed by atoms with Crippen LogP contribution in [-0.2, 0) is 0 Å². The standard InChI is InChI=1S/C17H16N4/c18-10-12-4-1-2-6-14(12)15-7-8-16-17(20-15)19-13-5-3-9-21(16)11-13/h1-2,4,6-8,13H,3,5,9,11H2,(H,19,20)/t13-/m0/s1. The number of benzene rings is 1. The number of hydrogen-bond acceptors (Lipinski definition) is 4. The van der Waals surface area contributed by atoms with Crippen molar-refractivity contribution >= 4 is 11.5 Å². The van der Waals surface area contributed by atoms with Crippen molar-refractivity contribution in [1.82, 2.24) is 4.98 Å². The molecule has 2 aliphatic heterocycles. The lowest BCUT2D eigenvalue weighted by atomic mass is 10.0. The molecule has 3 heterocycles. The normalized spacial score (nSPS) is 19.4. The first-order valence-corrected chi connectivity index (χ1v) is 7.37. The molecule has 1 aromatic heterocycles. The highest BCUT2D eigenvalue weighted by Crippen LogP contribution is 2.35. The summed E-state index contributed by atoms with van der Waals surface area (Å²) in [4.78, 5) is 7.18. The van der Waals surface area contributed by atoms with E-state index in [2.05, 4.69) is 22.4 Å². The van der Waals surface area contributed by atoms with Crippen molar-refractivity contribution in [2.45, 2.75) is 18.9 Å². The fraction of sp³-hybridized carbons (Fsp3) is 0.294. The van der Waals surface area contributed by atoms with E-state index >= 15 is 0 Å². The Morgan fingerprint density at radius 3 is 3.05 bits per heavy atom. The van der Waals surface area contributed by atoms with Crippen molar-refractivity contribution in [3.8, 4) is 17.3 Å². The number of hydrogen-bond donors (Lipinski definition) is 1. The minimum absolute atomic E-state index is 0.500. The Morgan fingerprint density at radius 2 is 2.14 bits per heavy atom. The second kappa shape index (κ2) is 4.78. The van der Waals surface area contributed by atoms with Crippen LogP contribution in [0, 0.1) is 11.3 Å². The molecule has 0 spiro atoms. The zero-order chi connectivity index (χ0) is 14.2. The van der Waals surface area contributed by atoms with Crippen molar-refractivity contribution < 1.29 is 0 Å². The molecule has 2 aromatic rings. The summed E-state index contributed by atoms with van der Waals surface area (Å²) >= 11 is 0. The van der Waals surface area contributed by atoms with E-state index in [1.54, 1.807) is 0 Å². The van der Waals surface area contributed by atoms with Crippen LogP contribution >= 0.6 is 0 Å². The molecule has 1 fully saturated rings. The van der Waals surface area contributed by atoms with Crippen molar-refractivity contribution in [2.24, 2.45) is 0 Å². The van der Waals surface area contributed by atoms with Crippen LogP contribution in [0.25, 0.3) is 11.3 Å². The molecule has 0 saturated carbocycles. The van der Waals surface area contributed by atoms with Gasteiger partial charge in [0.05, 0.1) is 23.0 Å². The van der Waals surface area contributed by atoms with Crippen molar-refractivity contribution in [3.63, 3.8) is 0 Å². The van der Waals surface area contributed by atoms with Gasteiger partial charge in [-0.1, -0.05) is 18.2 Å². The van der Waals surface area contributed by atoms with Gasteiger partial charge in [0.1, 0.15) is 0 Å². The van der Waals surface area contributed by atoms with Crippen molar-refractivity contribution in [1.29, 1.82) is 5.26 Å². The monoisotopic (exact) mass is 276 g/mol. The molecule has 21 heavy (non-hydrogen) atoms. The second-order valence-corrected chi connectivity index (χ2v) is 5.65. The molecule has 1 aromatic carbocycles. The Kier molecular flexibility index (Phi) is 2.78. The molecule has 1 saturated heterocycles. The molecule has 1 N–H and O–H groups in total. The maximum Gasteiger partial charge on any atom is 0.150 e. The largest absolute Gasteiger partial charge is 0.366 e. The third-order valence-corrected chi connectivity index (χ3v) is 4.30. The topological polar surface area (TPSA) is 52.0 Å². The molecular weight excluding hydrogens is 260 g/mol.